The highest BCUT2D eigenvalue weighted by molar-refractivity contribution is 6.29. The highest BCUT2D eigenvalue weighted by Crippen LogP contribution is 2.26. The van der Waals surface area contributed by atoms with E-state index in [4.69, 9.17) is 11.6 Å². The quantitative estimate of drug-likeness (QED) is 0.786. The smallest absolute Gasteiger partial charge is 0.157 e. The Hall–Kier alpha value is -1.09. The van der Waals surface area contributed by atoms with Gasteiger partial charge >= 0.3 is 0 Å². The van der Waals surface area contributed by atoms with Gasteiger partial charge in [-0.2, -0.15) is 0 Å². The molecule has 0 amide bonds. The Balaban J connectivity index is 2.45. The molecule has 2 aromatic heterocycles. The lowest BCUT2D eigenvalue weighted by atomic mass is 9.88. The number of hydrogen-bond acceptors (Lipinski definition) is 2. The summed E-state index contributed by atoms with van der Waals surface area (Å²) in [7, 11) is 0. The second-order valence-corrected chi connectivity index (χ2v) is 6.72. The first-order valence-corrected chi connectivity index (χ1v) is 7.24. The molecule has 0 aromatic carbocycles. The maximum Gasteiger partial charge on any atom is 0.157 e. The molecule has 19 heavy (non-hydrogen) atoms. The molecular weight excluding hydrogens is 258 g/mol. The van der Waals surface area contributed by atoms with E-state index < -0.39 is 0 Å². The fourth-order valence-electron chi connectivity index (χ4n) is 1.96. The van der Waals surface area contributed by atoms with Gasteiger partial charge in [0.05, 0.1) is 0 Å². The Kier molecular flexibility index (Phi) is 3.86. The average Bonchev–Trinajstić information content (AvgIpc) is 2.70. The molecule has 0 fully saturated rings. The van der Waals surface area contributed by atoms with Crippen molar-refractivity contribution < 1.29 is 0 Å². The molecule has 0 aliphatic carbocycles. The van der Waals surface area contributed by atoms with Gasteiger partial charge in [-0.05, 0) is 29.0 Å². The predicted molar refractivity (Wildman–Crippen MR) is 79.9 cm³/mol. The van der Waals surface area contributed by atoms with Crippen LogP contribution in [0.4, 0.5) is 0 Å². The molecule has 104 valence electrons. The van der Waals surface area contributed by atoms with Crippen LogP contribution in [0.3, 0.4) is 0 Å². The molecule has 0 spiro atoms. The molecule has 0 radical (unpaired) electrons. The number of aromatic nitrogens is 3. The van der Waals surface area contributed by atoms with Crippen molar-refractivity contribution >= 4 is 17.2 Å². The molecular formula is C15H22ClN3. The Morgan fingerprint density at radius 1 is 1.32 bits per heavy atom. The Bertz CT molecular complexity index is 581. The van der Waals surface area contributed by atoms with Gasteiger partial charge in [-0.1, -0.05) is 52.6 Å². The SMILES string of the molecule is CCC(C)Cc1nc2cc(C(C)(C)C)cc(Cl)n2n1. The molecule has 0 aliphatic heterocycles. The van der Waals surface area contributed by atoms with E-state index in [1.54, 1.807) is 4.52 Å². The van der Waals surface area contributed by atoms with Crippen molar-refractivity contribution in [2.75, 3.05) is 0 Å². The second kappa shape index (κ2) is 5.12. The number of rotatable bonds is 3. The Labute approximate surface area is 120 Å². The average molecular weight is 280 g/mol. The molecule has 1 atom stereocenters. The molecule has 4 heteroatoms. The minimum Gasteiger partial charge on any atom is -0.212 e. The standard InChI is InChI=1S/C15H22ClN3/c1-6-10(2)7-13-17-14-9-11(15(3,4)5)8-12(16)19(14)18-13/h8-10H,6-7H2,1-5H3. The van der Waals surface area contributed by atoms with Crippen LogP contribution in [0, 0.1) is 5.92 Å². The zero-order valence-corrected chi connectivity index (χ0v) is 13.1. The fraction of sp³-hybridized carbons (Fsp3) is 0.600. The fourth-order valence-corrected chi connectivity index (χ4v) is 2.21. The van der Waals surface area contributed by atoms with Gasteiger partial charge in [-0.25, -0.2) is 9.50 Å². The minimum atomic E-state index is 0.0637. The van der Waals surface area contributed by atoms with Crippen molar-refractivity contribution in [1.82, 2.24) is 14.6 Å². The van der Waals surface area contributed by atoms with Gasteiger partial charge in [-0.15, -0.1) is 5.10 Å². The topological polar surface area (TPSA) is 30.2 Å². The summed E-state index contributed by atoms with van der Waals surface area (Å²) < 4.78 is 1.73. The van der Waals surface area contributed by atoms with Crippen LogP contribution >= 0.6 is 11.6 Å². The van der Waals surface area contributed by atoms with Crippen LogP contribution in [0.2, 0.25) is 5.15 Å². The van der Waals surface area contributed by atoms with Crippen LogP contribution in [-0.2, 0) is 11.8 Å². The summed E-state index contributed by atoms with van der Waals surface area (Å²) in [6, 6.07) is 4.06. The number of fused-ring (bicyclic) bond motifs is 1. The number of nitrogens with zero attached hydrogens (tertiary/aromatic N) is 3. The molecule has 2 aromatic rings. The molecule has 0 aliphatic rings. The molecule has 3 nitrogen and oxygen atoms in total. The summed E-state index contributed by atoms with van der Waals surface area (Å²) in [4.78, 5) is 4.60. The lowest BCUT2D eigenvalue weighted by molar-refractivity contribution is 0.543. The van der Waals surface area contributed by atoms with Gasteiger partial charge in [0.2, 0.25) is 0 Å². The van der Waals surface area contributed by atoms with Crippen LogP contribution in [-0.4, -0.2) is 14.6 Å². The Morgan fingerprint density at radius 2 is 2.00 bits per heavy atom. The van der Waals surface area contributed by atoms with Gasteiger partial charge < -0.3 is 0 Å². The summed E-state index contributed by atoms with van der Waals surface area (Å²) in [5.74, 6) is 1.47. The van der Waals surface area contributed by atoms with Crippen LogP contribution in [0.5, 0.6) is 0 Å². The molecule has 2 rings (SSSR count). The molecule has 1 unspecified atom stereocenters. The molecule has 0 saturated carbocycles. The third kappa shape index (κ3) is 3.08. The molecule has 2 heterocycles. The zero-order chi connectivity index (χ0) is 14.2. The normalized spacial score (nSPS) is 14.0. The maximum absolute atomic E-state index is 6.31. The van der Waals surface area contributed by atoms with E-state index in [0.29, 0.717) is 11.1 Å². The van der Waals surface area contributed by atoms with E-state index in [-0.39, 0.29) is 5.41 Å². The van der Waals surface area contributed by atoms with Gasteiger partial charge in [0.1, 0.15) is 5.15 Å². The number of halogens is 1. The van der Waals surface area contributed by atoms with Gasteiger partial charge in [-0.3, -0.25) is 0 Å². The summed E-state index contributed by atoms with van der Waals surface area (Å²) in [5, 5.41) is 5.13. The molecule has 0 N–H and O–H groups in total. The van der Waals surface area contributed by atoms with Gasteiger partial charge in [0.25, 0.3) is 0 Å². The number of hydrogen-bond donors (Lipinski definition) is 0. The van der Waals surface area contributed by atoms with Crippen LogP contribution in [0.25, 0.3) is 5.65 Å². The minimum absolute atomic E-state index is 0.0637. The first kappa shape index (κ1) is 14.3. The highest BCUT2D eigenvalue weighted by atomic mass is 35.5. The summed E-state index contributed by atoms with van der Waals surface area (Å²) >= 11 is 6.31. The van der Waals surface area contributed by atoms with Crippen molar-refractivity contribution in [2.45, 2.75) is 52.9 Å². The lowest BCUT2D eigenvalue weighted by Gasteiger charge is -2.19. The van der Waals surface area contributed by atoms with E-state index in [1.807, 2.05) is 6.07 Å². The first-order valence-electron chi connectivity index (χ1n) is 6.87. The third-order valence-corrected chi connectivity index (χ3v) is 3.80. The van der Waals surface area contributed by atoms with E-state index in [0.717, 1.165) is 24.3 Å². The van der Waals surface area contributed by atoms with Crippen LogP contribution < -0.4 is 0 Å². The van der Waals surface area contributed by atoms with Crippen molar-refractivity contribution in [2.24, 2.45) is 5.92 Å². The van der Waals surface area contributed by atoms with Crippen molar-refractivity contribution in [3.8, 4) is 0 Å². The first-order chi connectivity index (χ1) is 8.81. The van der Waals surface area contributed by atoms with Gasteiger partial charge in [0, 0.05) is 6.42 Å². The molecule has 0 saturated heterocycles. The van der Waals surface area contributed by atoms with Crippen LogP contribution in [0.1, 0.15) is 52.4 Å². The van der Waals surface area contributed by atoms with Crippen molar-refractivity contribution in [3.05, 3.63) is 28.7 Å². The van der Waals surface area contributed by atoms with Crippen LogP contribution in [0.15, 0.2) is 12.1 Å². The summed E-state index contributed by atoms with van der Waals surface area (Å²) in [6.07, 6.45) is 2.04. The van der Waals surface area contributed by atoms with Crippen molar-refractivity contribution in [3.63, 3.8) is 0 Å². The van der Waals surface area contributed by atoms with E-state index in [1.165, 1.54) is 5.56 Å². The monoisotopic (exact) mass is 279 g/mol. The molecule has 0 bridgehead atoms. The maximum atomic E-state index is 6.31. The summed E-state index contributed by atoms with van der Waals surface area (Å²) in [6.45, 7) is 10.9. The lowest BCUT2D eigenvalue weighted by Crippen LogP contribution is -2.11. The zero-order valence-electron chi connectivity index (χ0n) is 12.4. The van der Waals surface area contributed by atoms with E-state index in [9.17, 15) is 0 Å². The van der Waals surface area contributed by atoms with Gasteiger partial charge in [0.15, 0.2) is 11.5 Å². The second-order valence-electron chi connectivity index (χ2n) is 6.33. The number of pyridine rings is 1. The predicted octanol–water partition coefficient (Wildman–Crippen LogP) is 4.27. The van der Waals surface area contributed by atoms with E-state index >= 15 is 0 Å². The summed E-state index contributed by atoms with van der Waals surface area (Å²) in [5.41, 5.74) is 2.09. The Morgan fingerprint density at radius 3 is 2.58 bits per heavy atom. The van der Waals surface area contributed by atoms with E-state index in [2.05, 4.69) is 50.8 Å². The van der Waals surface area contributed by atoms with Crippen molar-refractivity contribution in [1.29, 1.82) is 0 Å². The largest absolute Gasteiger partial charge is 0.212 e. The highest BCUT2D eigenvalue weighted by Gasteiger charge is 2.17. The third-order valence-electron chi connectivity index (χ3n) is 3.53.